The Morgan fingerprint density at radius 1 is 1.30 bits per heavy atom. The molecule has 0 aromatic carbocycles. The van der Waals surface area contributed by atoms with E-state index >= 15 is 0 Å². The van der Waals surface area contributed by atoms with Gasteiger partial charge in [-0.3, -0.25) is 9.59 Å². The van der Waals surface area contributed by atoms with Crippen LogP contribution in [0.4, 0.5) is 0 Å². The second-order valence-electron chi connectivity index (χ2n) is 6.69. The summed E-state index contributed by atoms with van der Waals surface area (Å²) in [5.41, 5.74) is 0.863. The fourth-order valence-corrected chi connectivity index (χ4v) is 6.00. The van der Waals surface area contributed by atoms with Gasteiger partial charge in [-0.05, 0) is 38.3 Å². The van der Waals surface area contributed by atoms with E-state index in [1.165, 1.54) is 34.4 Å². The van der Waals surface area contributed by atoms with Crippen LogP contribution in [0, 0.1) is 6.92 Å². The fraction of sp³-hybridized carbons (Fsp3) is 0.421. The number of nitrogens with one attached hydrogen (secondary N) is 1. The number of thioether (sulfide) groups is 1. The van der Waals surface area contributed by atoms with Crippen molar-refractivity contribution in [1.29, 1.82) is 0 Å². The first-order valence-corrected chi connectivity index (χ1v) is 11.9. The van der Waals surface area contributed by atoms with Crippen LogP contribution in [-0.2, 0) is 10.5 Å². The minimum absolute atomic E-state index is 0.0970. The number of likely N-dealkylation sites (tertiary alicyclic amines) is 1. The van der Waals surface area contributed by atoms with Crippen molar-refractivity contribution in [2.75, 3.05) is 18.8 Å². The third-order valence-electron chi connectivity index (χ3n) is 4.67. The number of H-pyrrole nitrogens is 1. The van der Waals surface area contributed by atoms with Crippen LogP contribution < -0.4 is 5.56 Å². The number of aryl methyl sites for hydroxylation is 1. The molecule has 0 saturated carbocycles. The van der Waals surface area contributed by atoms with Crippen molar-refractivity contribution in [2.24, 2.45) is 0 Å². The molecule has 0 unspecified atom stereocenters. The van der Waals surface area contributed by atoms with Crippen LogP contribution in [0.3, 0.4) is 0 Å². The molecule has 8 heteroatoms. The summed E-state index contributed by atoms with van der Waals surface area (Å²) < 4.78 is 0. The average Bonchev–Trinajstić information content (AvgIpc) is 3.28. The van der Waals surface area contributed by atoms with E-state index in [1.807, 2.05) is 10.3 Å². The quantitative estimate of drug-likeness (QED) is 0.671. The van der Waals surface area contributed by atoms with Gasteiger partial charge in [-0.25, -0.2) is 4.98 Å². The molecule has 0 aliphatic carbocycles. The van der Waals surface area contributed by atoms with Crippen LogP contribution in [-0.4, -0.2) is 39.6 Å². The molecule has 0 bridgehead atoms. The molecule has 1 aliphatic heterocycles. The van der Waals surface area contributed by atoms with Crippen LogP contribution >= 0.6 is 34.4 Å². The molecule has 0 radical (unpaired) electrons. The molecule has 4 rings (SSSR count). The van der Waals surface area contributed by atoms with Gasteiger partial charge in [-0.1, -0.05) is 0 Å². The van der Waals surface area contributed by atoms with Gasteiger partial charge in [0, 0.05) is 33.8 Å². The molecule has 0 spiro atoms. The number of hydrogen-bond donors (Lipinski definition) is 1. The average molecular weight is 420 g/mol. The number of nitrogens with zero attached hydrogens (tertiary/aromatic N) is 2. The van der Waals surface area contributed by atoms with Gasteiger partial charge in [-0.2, -0.15) is 0 Å². The zero-order valence-electron chi connectivity index (χ0n) is 15.1. The molecule has 3 aromatic heterocycles. The number of hydrogen-bond acceptors (Lipinski definition) is 6. The summed E-state index contributed by atoms with van der Waals surface area (Å²) in [6.45, 7) is 3.81. The molecule has 4 heterocycles. The predicted octanol–water partition coefficient (Wildman–Crippen LogP) is 4.27. The Kier molecular flexibility index (Phi) is 5.66. The fourth-order valence-electron chi connectivity index (χ4n) is 3.29. The predicted molar refractivity (Wildman–Crippen MR) is 115 cm³/mol. The first-order chi connectivity index (χ1) is 13.1. The SMILES string of the molecule is Cc1ccc(-c2csc3nc(CSCC(=O)N4CCCCC4)[nH]c(=O)c23)s1. The molecule has 1 N–H and O–H groups in total. The molecular weight excluding hydrogens is 398 g/mol. The zero-order valence-corrected chi connectivity index (χ0v) is 17.6. The maximum Gasteiger partial charge on any atom is 0.260 e. The molecule has 1 aliphatic rings. The van der Waals surface area contributed by atoms with E-state index in [2.05, 4.69) is 29.0 Å². The van der Waals surface area contributed by atoms with Gasteiger partial charge >= 0.3 is 0 Å². The number of fused-ring (bicyclic) bond motifs is 1. The van der Waals surface area contributed by atoms with Crippen LogP contribution in [0.1, 0.15) is 30.0 Å². The Morgan fingerprint density at radius 3 is 2.85 bits per heavy atom. The third-order valence-corrected chi connectivity index (χ3v) is 7.51. The van der Waals surface area contributed by atoms with Gasteiger partial charge in [0.2, 0.25) is 5.91 Å². The summed E-state index contributed by atoms with van der Waals surface area (Å²) >= 11 is 4.70. The number of carbonyl (C=O) groups is 1. The summed E-state index contributed by atoms with van der Waals surface area (Å²) in [6.07, 6.45) is 3.43. The summed E-state index contributed by atoms with van der Waals surface area (Å²) in [6, 6.07) is 4.12. The molecule has 27 heavy (non-hydrogen) atoms. The minimum atomic E-state index is -0.0970. The number of aromatic nitrogens is 2. The zero-order chi connectivity index (χ0) is 18.8. The molecule has 3 aromatic rings. The van der Waals surface area contributed by atoms with Crippen molar-refractivity contribution in [3.05, 3.63) is 38.6 Å². The third kappa shape index (κ3) is 4.12. The lowest BCUT2D eigenvalue weighted by molar-refractivity contribution is -0.129. The van der Waals surface area contributed by atoms with Crippen LogP contribution in [0.5, 0.6) is 0 Å². The van der Waals surface area contributed by atoms with Crippen molar-refractivity contribution in [3.63, 3.8) is 0 Å². The second-order valence-corrected chi connectivity index (χ2v) is 9.82. The lowest BCUT2D eigenvalue weighted by Gasteiger charge is -2.26. The van der Waals surface area contributed by atoms with E-state index in [1.54, 1.807) is 11.3 Å². The molecule has 0 atom stereocenters. The molecule has 1 fully saturated rings. The Labute approximate surface area is 169 Å². The van der Waals surface area contributed by atoms with Crippen molar-refractivity contribution >= 4 is 50.6 Å². The number of carbonyl (C=O) groups excluding carboxylic acids is 1. The maximum atomic E-state index is 12.6. The van der Waals surface area contributed by atoms with E-state index in [0.717, 1.165) is 41.2 Å². The number of piperidine rings is 1. The van der Waals surface area contributed by atoms with E-state index in [9.17, 15) is 9.59 Å². The molecule has 142 valence electrons. The Morgan fingerprint density at radius 2 is 2.11 bits per heavy atom. The van der Waals surface area contributed by atoms with Gasteiger partial charge in [0.05, 0.1) is 16.9 Å². The molecule has 5 nitrogen and oxygen atoms in total. The highest BCUT2D eigenvalue weighted by atomic mass is 32.2. The summed E-state index contributed by atoms with van der Waals surface area (Å²) in [7, 11) is 0. The molecule has 1 amide bonds. The molecular formula is C19H21N3O2S3. The number of thiophene rings is 2. The highest BCUT2D eigenvalue weighted by Crippen LogP contribution is 2.35. The highest BCUT2D eigenvalue weighted by molar-refractivity contribution is 7.99. The maximum absolute atomic E-state index is 12.6. The van der Waals surface area contributed by atoms with Crippen molar-refractivity contribution < 1.29 is 4.79 Å². The Balaban J connectivity index is 1.46. The lowest BCUT2D eigenvalue weighted by atomic mass is 10.1. The summed E-state index contributed by atoms with van der Waals surface area (Å²) in [4.78, 5) is 37.4. The van der Waals surface area contributed by atoms with Gasteiger partial charge in [0.25, 0.3) is 5.56 Å². The van der Waals surface area contributed by atoms with Crippen LogP contribution in [0.2, 0.25) is 0 Å². The van der Waals surface area contributed by atoms with E-state index in [-0.39, 0.29) is 11.5 Å². The standard InChI is InChI=1S/C19H21N3O2S3/c1-12-5-6-14(27-12)13-9-26-19-17(13)18(24)20-15(21-19)10-25-11-16(23)22-7-3-2-4-8-22/h5-6,9H,2-4,7-8,10-11H2,1H3,(H,20,21,24). The topological polar surface area (TPSA) is 66.1 Å². The summed E-state index contributed by atoms with van der Waals surface area (Å²) in [5.74, 6) is 1.80. The van der Waals surface area contributed by atoms with E-state index < -0.39 is 0 Å². The van der Waals surface area contributed by atoms with Gasteiger partial charge in [-0.15, -0.1) is 34.4 Å². The largest absolute Gasteiger partial charge is 0.342 e. The highest BCUT2D eigenvalue weighted by Gasteiger charge is 2.17. The van der Waals surface area contributed by atoms with Gasteiger partial charge in [0.15, 0.2) is 0 Å². The van der Waals surface area contributed by atoms with Crippen molar-refractivity contribution in [3.8, 4) is 10.4 Å². The van der Waals surface area contributed by atoms with E-state index in [4.69, 9.17) is 0 Å². The first-order valence-electron chi connectivity index (χ1n) is 9.04. The monoisotopic (exact) mass is 419 g/mol. The normalized spacial score (nSPS) is 14.8. The number of aromatic amines is 1. The minimum Gasteiger partial charge on any atom is -0.342 e. The van der Waals surface area contributed by atoms with Crippen LogP contribution in [0.25, 0.3) is 20.7 Å². The Hall–Kier alpha value is -1.64. The number of rotatable bonds is 5. The van der Waals surface area contributed by atoms with E-state index in [0.29, 0.717) is 22.7 Å². The molecule has 1 saturated heterocycles. The van der Waals surface area contributed by atoms with Crippen LogP contribution in [0.15, 0.2) is 22.3 Å². The smallest absolute Gasteiger partial charge is 0.260 e. The first kappa shape index (κ1) is 18.7. The second kappa shape index (κ2) is 8.16. The van der Waals surface area contributed by atoms with Gasteiger partial charge < -0.3 is 9.88 Å². The number of amides is 1. The lowest BCUT2D eigenvalue weighted by Crippen LogP contribution is -2.36. The van der Waals surface area contributed by atoms with Gasteiger partial charge in [0.1, 0.15) is 10.7 Å². The Bertz CT molecular complexity index is 1010. The summed E-state index contributed by atoms with van der Waals surface area (Å²) in [5, 5.41) is 2.68. The van der Waals surface area contributed by atoms with Crippen molar-refractivity contribution in [1.82, 2.24) is 14.9 Å². The van der Waals surface area contributed by atoms with Crippen molar-refractivity contribution in [2.45, 2.75) is 31.9 Å².